The van der Waals surface area contributed by atoms with E-state index in [1.165, 1.54) is 6.92 Å². The number of carbonyl (C=O) groups is 2. The van der Waals surface area contributed by atoms with Gasteiger partial charge in [-0.2, -0.15) is 0 Å². The lowest BCUT2D eigenvalue weighted by Gasteiger charge is -2.13. The normalized spacial score (nSPS) is 13.8. The second-order valence-corrected chi connectivity index (χ2v) is 8.64. The van der Waals surface area contributed by atoms with Gasteiger partial charge in [-0.05, 0) is 0 Å². The number of hydrogen-bond acceptors (Lipinski definition) is 6. The third kappa shape index (κ3) is 7.78. The summed E-state index contributed by atoms with van der Waals surface area (Å²) in [4.78, 5) is 21.5. The first-order chi connectivity index (χ1) is 8.49. The highest BCUT2D eigenvalue weighted by Gasteiger charge is 2.27. The molecular formula is C9H17NO7S2. The number of hydrogen-bond donors (Lipinski definition) is 2. The molecule has 0 aromatic heterocycles. The summed E-state index contributed by atoms with van der Waals surface area (Å²) in [7, 11) is -7.34. The van der Waals surface area contributed by atoms with Gasteiger partial charge < -0.3 is 10.4 Å². The molecule has 1 unspecified atom stereocenters. The average molecular weight is 315 g/mol. The van der Waals surface area contributed by atoms with Gasteiger partial charge in [0.2, 0.25) is 5.91 Å². The van der Waals surface area contributed by atoms with E-state index in [1.807, 2.05) is 5.32 Å². The van der Waals surface area contributed by atoms with Crippen molar-refractivity contribution in [2.75, 3.05) is 23.0 Å². The number of amides is 1. The van der Waals surface area contributed by atoms with Crippen molar-refractivity contribution in [3.8, 4) is 0 Å². The van der Waals surface area contributed by atoms with Gasteiger partial charge in [-0.1, -0.05) is 6.92 Å². The van der Waals surface area contributed by atoms with Crippen LogP contribution >= 0.6 is 0 Å². The molecule has 8 nitrogen and oxygen atoms in total. The standard InChI is InChI=1S/C9H17NO7S2/c1-3-18(14,15)4-5-19(16,17)6-8(9(12)13)10-7(2)11/h8H,3-6H2,1-2H3,(H,10,11)(H,12,13). The molecule has 0 bridgehead atoms. The summed E-state index contributed by atoms with van der Waals surface area (Å²) >= 11 is 0. The topological polar surface area (TPSA) is 135 Å². The molecule has 10 heteroatoms. The van der Waals surface area contributed by atoms with Crippen LogP contribution in [-0.4, -0.2) is 62.9 Å². The Morgan fingerprint density at radius 1 is 1.11 bits per heavy atom. The van der Waals surface area contributed by atoms with Crippen LogP contribution in [0.3, 0.4) is 0 Å². The van der Waals surface area contributed by atoms with Crippen LogP contribution < -0.4 is 5.32 Å². The smallest absolute Gasteiger partial charge is 0.327 e. The lowest BCUT2D eigenvalue weighted by Crippen LogP contribution is -2.45. The summed E-state index contributed by atoms with van der Waals surface area (Å²) < 4.78 is 45.6. The molecule has 0 aliphatic rings. The first-order valence-corrected chi connectivity index (χ1v) is 9.04. The van der Waals surface area contributed by atoms with Gasteiger partial charge in [0.25, 0.3) is 0 Å². The molecule has 0 fully saturated rings. The molecule has 0 saturated carbocycles. The first kappa shape index (κ1) is 17.8. The van der Waals surface area contributed by atoms with Crippen molar-refractivity contribution in [2.45, 2.75) is 19.9 Å². The van der Waals surface area contributed by atoms with Crippen molar-refractivity contribution in [2.24, 2.45) is 0 Å². The zero-order valence-corrected chi connectivity index (χ0v) is 12.3. The molecule has 0 aromatic rings. The fraction of sp³-hybridized carbons (Fsp3) is 0.778. The fourth-order valence-corrected chi connectivity index (χ4v) is 4.38. The molecular weight excluding hydrogens is 298 g/mol. The predicted molar refractivity (Wildman–Crippen MR) is 68.2 cm³/mol. The number of carbonyl (C=O) groups excluding carboxylic acids is 1. The number of carboxylic acid groups (broad SMARTS) is 1. The lowest BCUT2D eigenvalue weighted by molar-refractivity contribution is -0.140. The molecule has 0 aliphatic carbocycles. The molecule has 2 N–H and O–H groups in total. The zero-order valence-electron chi connectivity index (χ0n) is 10.6. The first-order valence-electron chi connectivity index (χ1n) is 5.40. The van der Waals surface area contributed by atoms with Crippen molar-refractivity contribution in [3.63, 3.8) is 0 Å². The molecule has 0 radical (unpaired) electrons. The van der Waals surface area contributed by atoms with Crippen molar-refractivity contribution >= 4 is 31.6 Å². The van der Waals surface area contributed by atoms with Gasteiger partial charge in [0.15, 0.2) is 19.7 Å². The molecule has 19 heavy (non-hydrogen) atoms. The Morgan fingerprint density at radius 3 is 1.95 bits per heavy atom. The van der Waals surface area contributed by atoms with Crippen LogP contribution in [0, 0.1) is 0 Å². The Labute approximate surface area is 112 Å². The quantitative estimate of drug-likeness (QED) is 0.552. The van der Waals surface area contributed by atoms with Gasteiger partial charge in [0.1, 0.15) is 6.04 Å². The molecule has 112 valence electrons. The maximum absolute atomic E-state index is 11.6. The van der Waals surface area contributed by atoms with E-state index in [2.05, 4.69) is 0 Å². The Morgan fingerprint density at radius 2 is 1.58 bits per heavy atom. The Balaban J connectivity index is 4.74. The van der Waals surface area contributed by atoms with Gasteiger partial charge in [-0.25, -0.2) is 21.6 Å². The van der Waals surface area contributed by atoms with E-state index in [0.717, 1.165) is 6.92 Å². The van der Waals surface area contributed by atoms with Crippen LogP contribution in [0.2, 0.25) is 0 Å². The van der Waals surface area contributed by atoms with E-state index >= 15 is 0 Å². The third-order valence-electron chi connectivity index (χ3n) is 2.24. The second kappa shape index (κ2) is 6.85. The number of nitrogens with one attached hydrogen (secondary N) is 1. The minimum absolute atomic E-state index is 0.184. The summed E-state index contributed by atoms with van der Waals surface area (Å²) in [5.41, 5.74) is 0. The van der Waals surface area contributed by atoms with Gasteiger partial charge in [-0.3, -0.25) is 4.79 Å². The number of rotatable bonds is 8. The average Bonchev–Trinajstić information content (AvgIpc) is 2.25. The van der Waals surface area contributed by atoms with Crippen molar-refractivity contribution in [3.05, 3.63) is 0 Å². The minimum atomic E-state index is -3.89. The zero-order chi connectivity index (χ0) is 15.3. The predicted octanol–water partition coefficient (Wildman–Crippen LogP) is -1.57. The molecule has 0 spiro atoms. The summed E-state index contributed by atoms with van der Waals surface area (Å²) in [6, 6.07) is -1.58. The van der Waals surface area contributed by atoms with Gasteiger partial charge in [0, 0.05) is 12.7 Å². The van der Waals surface area contributed by atoms with Gasteiger partial charge in [-0.15, -0.1) is 0 Å². The molecule has 1 amide bonds. The highest BCUT2D eigenvalue weighted by molar-refractivity contribution is 7.95. The molecule has 0 rings (SSSR count). The van der Waals surface area contributed by atoms with E-state index in [4.69, 9.17) is 5.11 Å². The van der Waals surface area contributed by atoms with E-state index in [-0.39, 0.29) is 5.75 Å². The maximum Gasteiger partial charge on any atom is 0.327 e. The van der Waals surface area contributed by atoms with Crippen LogP contribution in [0.25, 0.3) is 0 Å². The van der Waals surface area contributed by atoms with Crippen LogP contribution in [0.5, 0.6) is 0 Å². The Bertz CT molecular complexity index is 535. The van der Waals surface area contributed by atoms with Gasteiger partial charge >= 0.3 is 5.97 Å². The molecule has 0 aromatic carbocycles. The molecule has 0 heterocycles. The second-order valence-electron chi connectivity index (χ2n) is 3.94. The SMILES string of the molecule is CCS(=O)(=O)CCS(=O)(=O)CC(NC(C)=O)C(=O)O. The van der Waals surface area contributed by atoms with E-state index in [0.29, 0.717) is 0 Å². The summed E-state index contributed by atoms with van der Waals surface area (Å²) in [5, 5.41) is 10.7. The summed E-state index contributed by atoms with van der Waals surface area (Å²) in [6.45, 7) is 2.45. The van der Waals surface area contributed by atoms with E-state index in [1.54, 1.807) is 0 Å². The van der Waals surface area contributed by atoms with Crippen LogP contribution in [0.1, 0.15) is 13.8 Å². The maximum atomic E-state index is 11.6. The fourth-order valence-electron chi connectivity index (χ4n) is 1.16. The largest absolute Gasteiger partial charge is 0.480 e. The highest BCUT2D eigenvalue weighted by Crippen LogP contribution is 2.00. The number of sulfone groups is 2. The molecule has 1 atom stereocenters. The Kier molecular flexibility index (Phi) is 6.43. The molecule has 0 aliphatic heterocycles. The van der Waals surface area contributed by atoms with Crippen molar-refractivity contribution < 1.29 is 31.5 Å². The van der Waals surface area contributed by atoms with Crippen molar-refractivity contribution in [1.29, 1.82) is 0 Å². The molecule has 0 saturated heterocycles. The van der Waals surface area contributed by atoms with Crippen LogP contribution in [0.15, 0.2) is 0 Å². The third-order valence-corrected chi connectivity index (χ3v) is 5.87. The summed E-state index contributed by atoms with van der Waals surface area (Å²) in [6.07, 6.45) is 0. The lowest BCUT2D eigenvalue weighted by atomic mass is 10.3. The minimum Gasteiger partial charge on any atom is -0.480 e. The number of aliphatic carboxylic acids is 1. The monoisotopic (exact) mass is 315 g/mol. The van der Waals surface area contributed by atoms with Crippen LogP contribution in [0.4, 0.5) is 0 Å². The summed E-state index contributed by atoms with van der Waals surface area (Å²) in [5.74, 6) is -4.40. The van der Waals surface area contributed by atoms with Gasteiger partial charge in [0.05, 0.1) is 17.3 Å². The van der Waals surface area contributed by atoms with Crippen LogP contribution in [-0.2, 0) is 29.3 Å². The van der Waals surface area contributed by atoms with E-state index < -0.39 is 54.9 Å². The number of carboxylic acids is 1. The van der Waals surface area contributed by atoms with E-state index in [9.17, 15) is 26.4 Å². The van der Waals surface area contributed by atoms with Crippen molar-refractivity contribution in [1.82, 2.24) is 5.32 Å². The Hall–Kier alpha value is -1.16. The highest BCUT2D eigenvalue weighted by atomic mass is 32.2.